The van der Waals surface area contributed by atoms with E-state index in [2.05, 4.69) is 25.3 Å². The second kappa shape index (κ2) is 6.11. The molecule has 2 heterocycles. The lowest BCUT2D eigenvalue weighted by atomic mass is 10.1. The number of hydrogen-bond acceptors (Lipinski definition) is 6. The summed E-state index contributed by atoms with van der Waals surface area (Å²) >= 11 is 4.42. The molecular weight excluding hydrogens is 342 g/mol. The van der Waals surface area contributed by atoms with Crippen LogP contribution in [-0.2, 0) is 4.74 Å². The molecule has 5 nitrogen and oxygen atoms in total. The van der Waals surface area contributed by atoms with Gasteiger partial charge in [0.2, 0.25) is 0 Å². The fourth-order valence-corrected chi connectivity index (χ4v) is 2.79. The van der Waals surface area contributed by atoms with Gasteiger partial charge in [0.1, 0.15) is 11.6 Å². The highest BCUT2D eigenvalue weighted by Gasteiger charge is 2.22. The summed E-state index contributed by atoms with van der Waals surface area (Å²) in [6.45, 7) is 3.79. The van der Waals surface area contributed by atoms with Gasteiger partial charge in [0.05, 0.1) is 27.3 Å². The molecule has 0 radical (unpaired) electrons. The Kier molecular flexibility index (Phi) is 4.47. The molecule has 0 saturated heterocycles. The Morgan fingerprint density at radius 2 is 2.30 bits per heavy atom. The largest absolute Gasteiger partial charge is 0.462 e. The van der Waals surface area contributed by atoms with Gasteiger partial charge < -0.3 is 4.74 Å². The van der Waals surface area contributed by atoms with Crippen LogP contribution in [0.5, 0.6) is 0 Å². The predicted octanol–water partition coefficient (Wildman–Crippen LogP) is 3.32. The van der Waals surface area contributed by atoms with Crippen LogP contribution in [0, 0.1) is 18.3 Å². The highest BCUT2D eigenvalue weighted by Crippen LogP contribution is 2.31. The summed E-state index contributed by atoms with van der Waals surface area (Å²) in [5.74, 6) is -0.419. The number of carbonyl (C=O) groups excluding carboxylic acids is 1. The highest BCUT2D eigenvalue weighted by molar-refractivity contribution is 9.10. The molecule has 0 aliphatic rings. The molecule has 7 heteroatoms. The van der Waals surface area contributed by atoms with E-state index in [1.165, 1.54) is 11.5 Å². The lowest BCUT2D eigenvalue weighted by molar-refractivity contribution is 0.0526. The third-order valence-corrected chi connectivity index (χ3v) is 4.13. The van der Waals surface area contributed by atoms with Crippen LogP contribution in [0.2, 0.25) is 0 Å². The van der Waals surface area contributed by atoms with Crippen molar-refractivity contribution in [3.8, 4) is 16.6 Å². The molecule has 0 aromatic carbocycles. The van der Waals surface area contributed by atoms with Crippen LogP contribution in [0.3, 0.4) is 0 Å². The van der Waals surface area contributed by atoms with E-state index in [4.69, 9.17) is 10.00 Å². The van der Waals surface area contributed by atoms with Crippen LogP contribution in [0.4, 0.5) is 0 Å². The third kappa shape index (κ3) is 2.71. The fourth-order valence-electron chi connectivity index (χ4n) is 1.64. The number of nitrogens with zero attached hydrogens (tertiary/aromatic N) is 3. The lowest BCUT2D eigenvalue weighted by Crippen LogP contribution is -2.07. The van der Waals surface area contributed by atoms with E-state index >= 15 is 0 Å². The van der Waals surface area contributed by atoms with Gasteiger partial charge in [-0.25, -0.2) is 9.78 Å². The first-order chi connectivity index (χ1) is 9.58. The van der Waals surface area contributed by atoms with Crippen molar-refractivity contribution in [2.75, 3.05) is 6.61 Å². The molecule has 0 atom stereocenters. The van der Waals surface area contributed by atoms with Crippen LogP contribution < -0.4 is 0 Å². The van der Waals surface area contributed by atoms with Crippen LogP contribution in [0.1, 0.15) is 28.7 Å². The average molecular weight is 352 g/mol. The van der Waals surface area contributed by atoms with E-state index in [0.717, 1.165) is 0 Å². The van der Waals surface area contributed by atoms with E-state index < -0.39 is 5.97 Å². The molecule has 0 spiro atoms. The Balaban J connectivity index is 2.54. The van der Waals surface area contributed by atoms with Gasteiger partial charge in [0, 0.05) is 0 Å². The van der Waals surface area contributed by atoms with E-state index in [9.17, 15) is 4.79 Å². The summed E-state index contributed by atoms with van der Waals surface area (Å²) in [5, 5.41) is 9.01. The molecule has 2 rings (SSSR count). The van der Waals surface area contributed by atoms with Crippen LogP contribution in [0.25, 0.3) is 10.6 Å². The van der Waals surface area contributed by atoms with E-state index in [1.807, 2.05) is 6.07 Å². The number of hydrogen-bond donors (Lipinski definition) is 0. The normalized spacial score (nSPS) is 10.1. The maximum absolute atomic E-state index is 12.0. The molecule has 0 unspecified atom stereocenters. The Morgan fingerprint density at radius 1 is 1.55 bits per heavy atom. The van der Waals surface area contributed by atoms with Gasteiger partial charge in [-0.2, -0.15) is 9.64 Å². The van der Waals surface area contributed by atoms with Crippen molar-refractivity contribution in [3.05, 3.63) is 33.6 Å². The van der Waals surface area contributed by atoms with Crippen molar-refractivity contribution in [1.29, 1.82) is 5.26 Å². The highest BCUT2D eigenvalue weighted by atomic mass is 79.9. The number of carbonyl (C=O) groups is 1. The molecule has 20 heavy (non-hydrogen) atoms. The van der Waals surface area contributed by atoms with Crippen LogP contribution in [-0.4, -0.2) is 21.9 Å². The quantitative estimate of drug-likeness (QED) is 0.792. The number of rotatable bonds is 3. The molecule has 102 valence electrons. The molecule has 2 aromatic heterocycles. The van der Waals surface area contributed by atoms with Gasteiger partial charge in [-0.3, -0.25) is 0 Å². The summed E-state index contributed by atoms with van der Waals surface area (Å²) in [7, 11) is 0. The van der Waals surface area contributed by atoms with E-state index in [1.54, 1.807) is 26.0 Å². The number of esters is 1. The smallest absolute Gasteiger partial charge is 0.341 e. The number of ether oxygens (including phenoxy) is 1. The maximum Gasteiger partial charge on any atom is 0.341 e. The Hall–Kier alpha value is -1.78. The Morgan fingerprint density at radius 3 is 2.95 bits per heavy atom. The zero-order valence-electron chi connectivity index (χ0n) is 10.8. The van der Waals surface area contributed by atoms with E-state index in [0.29, 0.717) is 32.9 Å². The third-order valence-electron chi connectivity index (χ3n) is 2.53. The van der Waals surface area contributed by atoms with Gasteiger partial charge in [0.15, 0.2) is 5.69 Å². The maximum atomic E-state index is 12.0. The van der Waals surface area contributed by atoms with Gasteiger partial charge in [-0.05, 0) is 53.4 Å². The first kappa shape index (κ1) is 14.6. The molecule has 0 aliphatic carbocycles. The van der Waals surface area contributed by atoms with Crippen molar-refractivity contribution < 1.29 is 9.53 Å². The van der Waals surface area contributed by atoms with Crippen molar-refractivity contribution >= 4 is 33.4 Å². The molecule has 0 N–H and O–H groups in total. The zero-order chi connectivity index (χ0) is 14.7. The second-order valence-electron chi connectivity index (χ2n) is 3.83. The number of aromatic nitrogens is 2. The zero-order valence-corrected chi connectivity index (χ0v) is 13.2. The lowest BCUT2D eigenvalue weighted by Gasteiger charge is -2.04. The van der Waals surface area contributed by atoms with E-state index in [-0.39, 0.29) is 5.69 Å². The molecular formula is C13H10BrN3O2S. The first-order valence-corrected chi connectivity index (χ1v) is 7.35. The summed E-state index contributed by atoms with van der Waals surface area (Å²) in [5.41, 5.74) is 1.82. The number of nitriles is 1. The molecule has 0 saturated carbocycles. The Bertz CT molecular complexity index is 706. The predicted molar refractivity (Wildman–Crippen MR) is 78.5 cm³/mol. The number of pyridine rings is 1. The average Bonchev–Trinajstić information content (AvgIpc) is 2.81. The molecule has 0 bridgehead atoms. The summed E-state index contributed by atoms with van der Waals surface area (Å²) in [6, 6.07) is 5.46. The van der Waals surface area contributed by atoms with Crippen molar-refractivity contribution in [1.82, 2.24) is 9.36 Å². The number of halogens is 1. The van der Waals surface area contributed by atoms with Gasteiger partial charge in [-0.15, -0.1) is 0 Å². The summed E-state index contributed by atoms with van der Waals surface area (Å²) in [4.78, 5) is 16.8. The summed E-state index contributed by atoms with van der Waals surface area (Å²) < 4.78 is 9.83. The second-order valence-corrected chi connectivity index (χ2v) is 5.46. The first-order valence-electron chi connectivity index (χ1n) is 5.78. The van der Waals surface area contributed by atoms with Gasteiger partial charge in [-0.1, -0.05) is 0 Å². The summed E-state index contributed by atoms with van der Waals surface area (Å²) in [6.07, 6.45) is 0. The van der Waals surface area contributed by atoms with Gasteiger partial charge >= 0.3 is 5.97 Å². The topological polar surface area (TPSA) is 75.9 Å². The molecule has 0 fully saturated rings. The minimum atomic E-state index is -0.419. The Labute approximate surface area is 128 Å². The standard InChI is InChI=1S/C13H10BrN3O2S/c1-3-19-13(18)11-7(2)17-20-12(11)9-5-4-8(14)10(6-15)16-9/h4-5H,3H2,1-2H3. The van der Waals surface area contributed by atoms with Crippen LogP contribution >= 0.6 is 27.5 Å². The van der Waals surface area contributed by atoms with Gasteiger partial charge in [0.25, 0.3) is 0 Å². The molecule has 2 aromatic rings. The van der Waals surface area contributed by atoms with Crippen molar-refractivity contribution in [2.45, 2.75) is 13.8 Å². The molecule has 0 amide bonds. The van der Waals surface area contributed by atoms with Crippen LogP contribution in [0.15, 0.2) is 16.6 Å². The van der Waals surface area contributed by atoms with Crippen molar-refractivity contribution in [3.63, 3.8) is 0 Å². The SMILES string of the molecule is CCOC(=O)c1c(C)nsc1-c1ccc(Br)c(C#N)n1. The molecule has 0 aliphatic heterocycles. The fraction of sp³-hybridized carbons (Fsp3) is 0.231. The minimum Gasteiger partial charge on any atom is -0.462 e. The number of aryl methyl sites for hydroxylation is 1. The minimum absolute atomic E-state index is 0.267. The van der Waals surface area contributed by atoms with Crippen molar-refractivity contribution in [2.24, 2.45) is 0 Å². The monoisotopic (exact) mass is 351 g/mol.